The molecule has 5 heteroatoms. The first-order valence-corrected chi connectivity index (χ1v) is 11.4. The Balaban J connectivity index is 1.23. The Morgan fingerprint density at radius 2 is 1.79 bits per heavy atom. The minimum atomic E-state index is -0.250. The molecule has 29 heavy (non-hydrogen) atoms. The summed E-state index contributed by atoms with van der Waals surface area (Å²) in [5, 5.41) is 0. The Bertz CT molecular complexity index is 883. The number of allylic oxidation sites excluding steroid dienone is 1. The first-order valence-electron chi connectivity index (χ1n) is 11.4. The van der Waals surface area contributed by atoms with Gasteiger partial charge in [0.25, 0.3) is 0 Å². The lowest BCUT2D eigenvalue weighted by molar-refractivity contribution is 0.0780. The number of unbranched alkanes of at least 4 members (excludes halogenated alkanes) is 1. The lowest BCUT2D eigenvalue weighted by Crippen LogP contribution is -2.50. The molecule has 5 nitrogen and oxygen atoms in total. The Morgan fingerprint density at radius 3 is 2.52 bits per heavy atom. The maximum Gasteiger partial charge on any atom is 0.419 e. The molecule has 0 spiro atoms. The van der Waals surface area contributed by atoms with Crippen molar-refractivity contribution in [1.29, 1.82) is 0 Å². The maximum atomic E-state index is 12.3. The monoisotopic (exact) mass is 397 g/mol. The number of nitrogens with zero attached hydrogens (tertiary/aromatic N) is 3. The van der Waals surface area contributed by atoms with E-state index in [-0.39, 0.29) is 5.76 Å². The van der Waals surface area contributed by atoms with Gasteiger partial charge in [-0.05, 0) is 56.8 Å². The number of aryl methyl sites for hydroxylation is 1. The van der Waals surface area contributed by atoms with Gasteiger partial charge in [0, 0.05) is 38.8 Å². The second kappa shape index (κ2) is 9.31. The molecule has 0 radical (unpaired) electrons. The highest BCUT2D eigenvalue weighted by Crippen LogP contribution is 2.24. The molecule has 2 heterocycles. The Labute approximate surface area is 174 Å². The van der Waals surface area contributed by atoms with Crippen molar-refractivity contribution < 1.29 is 4.42 Å². The lowest BCUT2D eigenvalue weighted by atomic mass is 9.94. The van der Waals surface area contributed by atoms with E-state index in [0.717, 1.165) is 48.6 Å². The van der Waals surface area contributed by atoms with Crippen LogP contribution in [-0.4, -0.2) is 53.1 Å². The van der Waals surface area contributed by atoms with Crippen LogP contribution in [0, 0.1) is 0 Å². The molecule has 2 fully saturated rings. The summed E-state index contributed by atoms with van der Waals surface area (Å²) < 4.78 is 7.23. The van der Waals surface area contributed by atoms with Gasteiger partial charge >= 0.3 is 5.76 Å². The molecule has 1 aliphatic carbocycles. The van der Waals surface area contributed by atoms with Gasteiger partial charge < -0.3 is 9.32 Å². The van der Waals surface area contributed by atoms with E-state index < -0.39 is 0 Å². The van der Waals surface area contributed by atoms with Crippen LogP contribution >= 0.6 is 0 Å². The van der Waals surface area contributed by atoms with Gasteiger partial charge in [0.2, 0.25) is 0 Å². The van der Waals surface area contributed by atoms with Crippen molar-refractivity contribution in [2.45, 2.75) is 64.5 Å². The summed E-state index contributed by atoms with van der Waals surface area (Å²) in [4.78, 5) is 17.6. The molecule has 1 aromatic heterocycles. The number of oxazole rings is 1. The summed E-state index contributed by atoms with van der Waals surface area (Å²) in [6, 6.07) is 6.76. The summed E-state index contributed by atoms with van der Waals surface area (Å²) in [7, 11) is 0. The molecule has 158 valence electrons. The number of benzene rings is 1. The van der Waals surface area contributed by atoms with Gasteiger partial charge in [-0.15, -0.1) is 0 Å². The van der Waals surface area contributed by atoms with Crippen molar-refractivity contribution in [3.05, 3.63) is 40.9 Å². The van der Waals surface area contributed by atoms with E-state index >= 15 is 0 Å². The van der Waals surface area contributed by atoms with Crippen LogP contribution < -0.4 is 5.76 Å². The van der Waals surface area contributed by atoms with Crippen LogP contribution in [0.4, 0.5) is 0 Å². The molecule has 0 amide bonds. The van der Waals surface area contributed by atoms with Crippen molar-refractivity contribution in [3.63, 3.8) is 0 Å². The van der Waals surface area contributed by atoms with Crippen LogP contribution in [-0.2, 0) is 6.54 Å². The van der Waals surface area contributed by atoms with E-state index in [1.54, 1.807) is 4.57 Å². The Morgan fingerprint density at radius 1 is 1.07 bits per heavy atom. The molecule has 2 aliphatic rings. The first kappa shape index (κ1) is 20.4. The summed E-state index contributed by atoms with van der Waals surface area (Å²) in [6.45, 7) is 12.6. The lowest BCUT2D eigenvalue weighted by Gasteiger charge is -2.40. The minimum absolute atomic E-state index is 0.250. The van der Waals surface area contributed by atoms with Gasteiger partial charge in [-0.3, -0.25) is 9.47 Å². The smallest absolute Gasteiger partial charge is 0.408 e. The Kier molecular flexibility index (Phi) is 6.56. The Hall–Kier alpha value is -1.85. The second-order valence-electron chi connectivity index (χ2n) is 8.86. The maximum absolute atomic E-state index is 12.3. The second-order valence-corrected chi connectivity index (χ2v) is 8.86. The largest absolute Gasteiger partial charge is 0.419 e. The van der Waals surface area contributed by atoms with Crippen molar-refractivity contribution in [3.8, 4) is 0 Å². The molecule has 0 N–H and O–H groups in total. The summed E-state index contributed by atoms with van der Waals surface area (Å²) in [6.07, 6.45) is 9.19. The van der Waals surface area contributed by atoms with Gasteiger partial charge in [-0.25, -0.2) is 4.79 Å². The molecule has 2 aromatic rings. The summed E-state index contributed by atoms with van der Waals surface area (Å²) in [5.41, 5.74) is 3.55. The molecule has 1 aliphatic heterocycles. The van der Waals surface area contributed by atoms with E-state index in [1.165, 1.54) is 58.3 Å². The molecular formula is C24H35N3O2. The summed E-state index contributed by atoms with van der Waals surface area (Å²) >= 11 is 0. The molecule has 1 saturated carbocycles. The van der Waals surface area contributed by atoms with Crippen LogP contribution in [0.5, 0.6) is 0 Å². The van der Waals surface area contributed by atoms with E-state index in [9.17, 15) is 4.79 Å². The zero-order chi connectivity index (χ0) is 20.2. The molecule has 0 unspecified atom stereocenters. The van der Waals surface area contributed by atoms with Gasteiger partial charge in [0.1, 0.15) is 0 Å². The van der Waals surface area contributed by atoms with Gasteiger partial charge in [-0.2, -0.15) is 0 Å². The zero-order valence-corrected chi connectivity index (χ0v) is 17.9. The number of hydrogen-bond donors (Lipinski definition) is 0. The molecule has 1 saturated heterocycles. The topological polar surface area (TPSA) is 41.6 Å². The van der Waals surface area contributed by atoms with E-state index in [4.69, 9.17) is 4.42 Å². The van der Waals surface area contributed by atoms with E-state index in [1.807, 2.05) is 25.1 Å². The van der Waals surface area contributed by atoms with Crippen molar-refractivity contribution >= 4 is 16.7 Å². The number of piperazine rings is 1. The molecule has 4 rings (SSSR count). The minimum Gasteiger partial charge on any atom is -0.408 e. The van der Waals surface area contributed by atoms with Gasteiger partial charge in [0.15, 0.2) is 5.58 Å². The van der Waals surface area contributed by atoms with Crippen LogP contribution in [0.1, 0.15) is 57.4 Å². The fourth-order valence-corrected chi connectivity index (χ4v) is 4.95. The number of fused-ring (bicyclic) bond motifs is 1. The average Bonchev–Trinajstić information content (AvgIpc) is 3.06. The van der Waals surface area contributed by atoms with Gasteiger partial charge in [0.05, 0.1) is 5.52 Å². The predicted octanol–water partition coefficient (Wildman–Crippen LogP) is 4.36. The standard InChI is InChI=1S/C24H35N3O2/c1-19(2)20-10-11-22-23(18-20)29-24(28)27(22)13-7-6-12-25-14-16-26(17-15-25)21-8-4-3-5-9-21/h10-11,18,21H,1,3-9,12-17H2,2H3. The van der Waals surface area contributed by atoms with Gasteiger partial charge in [-0.1, -0.05) is 37.5 Å². The molecule has 0 atom stereocenters. The highest BCUT2D eigenvalue weighted by atomic mass is 16.4. The zero-order valence-electron chi connectivity index (χ0n) is 17.9. The van der Waals surface area contributed by atoms with Crippen molar-refractivity contribution in [2.24, 2.45) is 0 Å². The molecular weight excluding hydrogens is 362 g/mol. The fourth-order valence-electron chi connectivity index (χ4n) is 4.95. The third kappa shape index (κ3) is 4.84. The number of rotatable bonds is 7. The highest BCUT2D eigenvalue weighted by Gasteiger charge is 2.24. The van der Waals surface area contributed by atoms with E-state index in [2.05, 4.69) is 16.4 Å². The SMILES string of the molecule is C=C(C)c1ccc2c(c1)oc(=O)n2CCCCN1CCN(C2CCCCC2)CC1. The number of aromatic nitrogens is 1. The highest BCUT2D eigenvalue weighted by molar-refractivity contribution is 5.78. The fraction of sp³-hybridized carbons (Fsp3) is 0.625. The summed E-state index contributed by atoms with van der Waals surface area (Å²) in [5.74, 6) is -0.250. The first-order chi connectivity index (χ1) is 14.1. The van der Waals surface area contributed by atoms with E-state index in [0.29, 0.717) is 5.58 Å². The average molecular weight is 398 g/mol. The third-order valence-corrected chi connectivity index (χ3v) is 6.77. The van der Waals surface area contributed by atoms with Crippen LogP contribution in [0.2, 0.25) is 0 Å². The number of hydrogen-bond acceptors (Lipinski definition) is 4. The van der Waals surface area contributed by atoms with Crippen molar-refractivity contribution in [2.75, 3.05) is 32.7 Å². The quantitative estimate of drug-likeness (QED) is 0.651. The third-order valence-electron chi connectivity index (χ3n) is 6.77. The van der Waals surface area contributed by atoms with Crippen molar-refractivity contribution in [1.82, 2.24) is 14.4 Å². The normalized spacial score (nSPS) is 19.8. The van der Waals surface area contributed by atoms with Crippen LogP contribution in [0.3, 0.4) is 0 Å². The molecule has 0 bridgehead atoms. The molecule has 1 aromatic carbocycles. The van der Waals surface area contributed by atoms with Crippen LogP contribution in [0.25, 0.3) is 16.7 Å². The van der Waals surface area contributed by atoms with Crippen LogP contribution in [0.15, 0.2) is 34.0 Å². The predicted molar refractivity (Wildman–Crippen MR) is 119 cm³/mol.